The van der Waals surface area contributed by atoms with Gasteiger partial charge in [0.1, 0.15) is 53.4 Å². The maximum absolute atomic E-state index is 15.3. The molecule has 0 radical (unpaired) electrons. The van der Waals surface area contributed by atoms with Crippen LogP contribution in [0, 0.1) is 19.7 Å². The molecule has 32 nitrogen and oxygen atoms in total. The molecular formula is C65H85FN16O16. The summed E-state index contributed by atoms with van der Waals surface area (Å²) in [7, 11) is 0. The van der Waals surface area contributed by atoms with Crippen molar-refractivity contribution in [1.29, 1.82) is 0 Å². The zero-order valence-corrected chi connectivity index (χ0v) is 55.0. The van der Waals surface area contributed by atoms with Gasteiger partial charge in [-0.1, -0.05) is 95.1 Å². The van der Waals surface area contributed by atoms with Crippen LogP contribution in [0.2, 0.25) is 0 Å². The fourth-order valence-corrected chi connectivity index (χ4v) is 10.4. The predicted octanol–water partition coefficient (Wildman–Crippen LogP) is 0.246. The van der Waals surface area contributed by atoms with Crippen LogP contribution in [0.1, 0.15) is 99.0 Å². The number of halogens is 1. The lowest BCUT2D eigenvalue weighted by Gasteiger charge is -2.34. The quantitative estimate of drug-likeness (QED) is 0.0108. The number of carboxylic acids is 2. The SMILES string of the molecule is CCc1cc(OCCCCN=[N+]=[N-])ccc1-c1ccc(C[C@H](NC(=O)[C@H](CC(=O)O)NC(=O)[C@H](CO)NC(=O)[C@@H](NC(=O)[C@](C)(Cc2ccccc2F)NC(=O)[C@@H](NC(=O)CNC(=O)[C@@H](N)Cc2nn[nH]n2)[C@@H](C)O)[C@@H](C)O)C(=O)N[C@@H](CCCc2cc(C)cc(C)c2)C(=O)O)cc1. The first kappa shape index (κ1) is 78.2. The minimum Gasteiger partial charge on any atom is -0.494 e. The minimum absolute atomic E-state index is 0.0429. The number of carboxylic acid groups (broad SMARTS) is 2. The summed E-state index contributed by atoms with van der Waals surface area (Å²) in [4.78, 5) is 139. The molecule has 8 amide bonds. The van der Waals surface area contributed by atoms with Crippen LogP contribution in [-0.4, -0.2) is 192 Å². The van der Waals surface area contributed by atoms with Gasteiger partial charge in [-0.25, -0.2) is 9.18 Å². The second kappa shape index (κ2) is 38.3. The number of nitrogens with zero attached hydrogens (tertiary/aromatic N) is 6. The van der Waals surface area contributed by atoms with E-state index in [9.17, 15) is 73.5 Å². The molecule has 0 unspecified atom stereocenters. The topological polar surface area (TPSA) is 507 Å². The number of aryl methyl sites for hydroxylation is 4. The van der Waals surface area contributed by atoms with E-state index in [1.165, 1.54) is 18.2 Å². The number of aliphatic hydroxyl groups excluding tert-OH is 3. The van der Waals surface area contributed by atoms with Crippen LogP contribution in [0.5, 0.6) is 5.75 Å². The van der Waals surface area contributed by atoms with Crippen LogP contribution >= 0.6 is 0 Å². The van der Waals surface area contributed by atoms with E-state index in [2.05, 4.69) is 73.2 Å². The molecule has 98 heavy (non-hydrogen) atoms. The van der Waals surface area contributed by atoms with E-state index in [0.29, 0.717) is 56.6 Å². The second-order valence-electron chi connectivity index (χ2n) is 23.8. The first-order chi connectivity index (χ1) is 46.5. The molecule has 0 saturated carbocycles. The molecule has 528 valence electrons. The number of aliphatic carboxylic acids is 2. The van der Waals surface area contributed by atoms with Gasteiger partial charge in [-0.2, -0.15) is 5.21 Å². The third kappa shape index (κ3) is 24.6. The first-order valence-electron chi connectivity index (χ1n) is 31.5. The average Bonchev–Trinajstić information content (AvgIpc) is 0.840. The number of azide groups is 1. The maximum atomic E-state index is 15.3. The van der Waals surface area contributed by atoms with Crippen LogP contribution in [0.4, 0.5) is 4.39 Å². The maximum Gasteiger partial charge on any atom is 0.326 e. The number of amides is 8. The highest BCUT2D eigenvalue weighted by Gasteiger charge is 2.42. The third-order valence-electron chi connectivity index (χ3n) is 15.5. The second-order valence-corrected chi connectivity index (χ2v) is 23.8. The number of hydrogen-bond acceptors (Lipinski definition) is 19. The molecule has 0 aliphatic heterocycles. The number of ether oxygens (including phenoxy) is 1. The molecule has 1 heterocycles. The first-order valence-corrected chi connectivity index (χ1v) is 31.5. The number of H-pyrrole nitrogens is 1. The Morgan fingerprint density at radius 3 is 1.97 bits per heavy atom. The van der Waals surface area contributed by atoms with Crippen molar-refractivity contribution in [2.45, 2.75) is 166 Å². The van der Waals surface area contributed by atoms with Crippen LogP contribution in [0.3, 0.4) is 0 Å². The molecule has 4 aromatic carbocycles. The third-order valence-corrected chi connectivity index (χ3v) is 15.5. The summed E-state index contributed by atoms with van der Waals surface area (Å²) in [5, 5.41) is 87.4. The van der Waals surface area contributed by atoms with Crippen LogP contribution in [-0.2, 0) is 80.0 Å². The van der Waals surface area contributed by atoms with E-state index in [-0.39, 0.29) is 30.7 Å². The molecule has 0 bridgehead atoms. The van der Waals surface area contributed by atoms with Gasteiger partial charge in [0.15, 0.2) is 5.82 Å². The zero-order valence-electron chi connectivity index (χ0n) is 55.0. The smallest absolute Gasteiger partial charge is 0.326 e. The van der Waals surface area contributed by atoms with Crippen molar-refractivity contribution < 1.29 is 82.6 Å². The van der Waals surface area contributed by atoms with Gasteiger partial charge in [0.2, 0.25) is 47.3 Å². The Hall–Kier alpha value is -10.5. The van der Waals surface area contributed by atoms with Gasteiger partial charge in [0.25, 0.3) is 0 Å². The highest BCUT2D eigenvalue weighted by Crippen LogP contribution is 2.29. The lowest BCUT2D eigenvalue weighted by Crippen LogP contribution is -2.67. The van der Waals surface area contributed by atoms with E-state index < -0.39 is 151 Å². The number of unbranched alkanes of at least 4 members (excludes halogenated alkanes) is 1. The molecule has 0 spiro atoms. The molecule has 0 aliphatic rings. The number of hydrogen-bond donors (Lipinski definition) is 15. The molecular weight excluding hydrogens is 1280 g/mol. The van der Waals surface area contributed by atoms with Crippen molar-refractivity contribution >= 4 is 59.2 Å². The van der Waals surface area contributed by atoms with E-state index in [1.54, 1.807) is 30.3 Å². The molecule has 5 aromatic rings. The number of nitrogens with two attached hydrogens (primary N) is 1. The van der Waals surface area contributed by atoms with Gasteiger partial charge in [0.05, 0.1) is 44.4 Å². The van der Waals surface area contributed by atoms with Gasteiger partial charge in [-0.15, -0.1) is 10.2 Å². The summed E-state index contributed by atoms with van der Waals surface area (Å²) in [6, 6.07) is 11.0. The molecule has 0 aliphatic carbocycles. The van der Waals surface area contributed by atoms with Crippen molar-refractivity contribution in [1.82, 2.24) is 63.2 Å². The standard InChI is InChI=1S/C65H85FN16O16/c1-7-41-29-44(98-24-11-10-23-70-80-68)21-22-45(41)42-19-17-39(18-20-42)28-49(58(90)71-48(63(95)96)16-12-13-40-26-35(2)25-36(3)27-40)72-59(91)50(31-54(87)88)73-60(92)51(34-83)74-61(93)55(37(4)84)76-64(97)65(6,32-43-14-8-9-15-46(43)66)77-62(94)56(38(5)85)75-53(86)33-69-57(89)47(67)30-52-78-81-82-79-52/h8-9,14-15,17-22,25-27,29,37-38,47-51,55-56,83-85H,7,10-13,16,23-24,28,30-34,67H2,1-6H3,(H,69,89)(H,71,90)(H,72,91)(H,73,92)(H,74,93)(H,75,86)(H,76,97)(H,77,94)(H,87,88)(H,95,96)(H,78,79,81,82)/t37-,38-,47+,48+,49+,50+,51+,55+,56+,65+/m1/s1. The number of aromatic nitrogens is 4. The number of rotatable bonds is 40. The lowest BCUT2D eigenvalue weighted by atomic mass is 9.90. The van der Waals surface area contributed by atoms with Crippen molar-refractivity contribution in [2.75, 3.05) is 26.3 Å². The summed E-state index contributed by atoms with van der Waals surface area (Å²) < 4.78 is 21.2. The number of tetrazole rings is 1. The zero-order chi connectivity index (χ0) is 72.2. The Morgan fingerprint density at radius 2 is 1.36 bits per heavy atom. The largest absolute Gasteiger partial charge is 0.494 e. The Bertz CT molecular complexity index is 3610. The number of aromatic amines is 1. The van der Waals surface area contributed by atoms with Crippen molar-refractivity contribution in [3.8, 4) is 16.9 Å². The van der Waals surface area contributed by atoms with E-state index in [4.69, 9.17) is 16.0 Å². The van der Waals surface area contributed by atoms with E-state index in [1.807, 2.05) is 51.1 Å². The summed E-state index contributed by atoms with van der Waals surface area (Å²) >= 11 is 0. The highest BCUT2D eigenvalue weighted by atomic mass is 19.1. The molecule has 16 N–H and O–H groups in total. The van der Waals surface area contributed by atoms with Crippen LogP contribution in [0.15, 0.2) is 90.0 Å². The molecule has 1 aromatic heterocycles. The van der Waals surface area contributed by atoms with Gasteiger partial charge in [-0.3, -0.25) is 43.2 Å². The summed E-state index contributed by atoms with van der Waals surface area (Å²) in [5.74, 6) is -12.6. The van der Waals surface area contributed by atoms with Crippen molar-refractivity contribution in [2.24, 2.45) is 10.8 Å². The van der Waals surface area contributed by atoms with Crippen LogP contribution < -0.4 is 53.0 Å². The molecule has 5 rings (SSSR count). The fourth-order valence-electron chi connectivity index (χ4n) is 10.4. The monoisotopic (exact) mass is 1360 g/mol. The lowest BCUT2D eigenvalue weighted by molar-refractivity contribution is -0.143. The Labute approximate surface area is 563 Å². The van der Waals surface area contributed by atoms with Gasteiger partial charge in [0, 0.05) is 30.7 Å². The van der Waals surface area contributed by atoms with Gasteiger partial charge in [-0.05, 0) is 130 Å². The summed E-state index contributed by atoms with van der Waals surface area (Å²) in [6.07, 6.45) is -3.20. The average molecular weight is 1370 g/mol. The molecule has 0 fully saturated rings. The van der Waals surface area contributed by atoms with Gasteiger partial charge < -0.3 is 78.5 Å². The van der Waals surface area contributed by atoms with E-state index >= 15 is 4.39 Å². The molecule has 33 heteroatoms. The van der Waals surface area contributed by atoms with Gasteiger partial charge >= 0.3 is 11.9 Å². The van der Waals surface area contributed by atoms with Crippen LogP contribution in [0.25, 0.3) is 21.6 Å². The minimum atomic E-state index is -2.33. The Morgan fingerprint density at radius 1 is 0.724 bits per heavy atom. The number of carbonyl (C=O) groups excluding carboxylic acids is 8. The predicted molar refractivity (Wildman–Crippen MR) is 350 cm³/mol. The normalized spacial score (nSPS) is 14.4. The van der Waals surface area contributed by atoms with Crippen molar-refractivity contribution in [3.05, 3.63) is 140 Å². The fraction of sp³-hybridized carbons (Fsp3) is 0.462. The summed E-state index contributed by atoms with van der Waals surface area (Å²) in [6.45, 7) is 7.75. The van der Waals surface area contributed by atoms with E-state index in [0.717, 1.165) is 60.2 Å². The number of nitrogens with one attached hydrogen (secondary N) is 9. The Kier molecular flexibility index (Phi) is 30.6. The molecule has 0 saturated heterocycles. The summed E-state index contributed by atoms with van der Waals surface area (Å²) in [5.41, 5.74) is 17.9. The van der Waals surface area contributed by atoms with Crippen molar-refractivity contribution in [3.63, 3.8) is 0 Å². The molecule has 10 atom stereocenters. The Balaban J connectivity index is 1.35. The number of aliphatic hydroxyl groups is 3. The highest BCUT2D eigenvalue weighted by molar-refractivity contribution is 6.00. The number of carbonyl (C=O) groups is 10. The number of benzene rings is 4.